The van der Waals surface area contributed by atoms with Crippen molar-refractivity contribution < 1.29 is 0 Å². The average Bonchev–Trinajstić information content (AvgIpc) is 3.63. The average molecular weight is 706 g/mol. The first kappa shape index (κ1) is 32.0. The van der Waals surface area contributed by atoms with E-state index in [-0.39, 0.29) is 0 Å². The van der Waals surface area contributed by atoms with Crippen LogP contribution < -0.4 is 4.90 Å². The van der Waals surface area contributed by atoms with Gasteiger partial charge in [0.2, 0.25) is 0 Å². The quantitative estimate of drug-likeness (QED) is 0.160. The van der Waals surface area contributed by atoms with Crippen molar-refractivity contribution in [3.8, 4) is 44.5 Å². The molecule has 0 aliphatic heterocycles. The van der Waals surface area contributed by atoms with Crippen LogP contribution in [0.3, 0.4) is 0 Å². The van der Waals surface area contributed by atoms with Gasteiger partial charge in [0.1, 0.15) is 0 Å². The van der Waals surface area contributed by atoms with Crippen molar-refractivity contribution in [3.05, 3.63) is 212 Å². The SMILES string of the molecule is c1ccc(-c2ccc(-c3ccc(N(c4ccc(-c5cccc(-c6cccc7ccccc67)c5)cc4)c4ccc5sc6ccccc6c5c4)cc3)cc2)cc1. The van der Waals surface area contributed by atoms with Gasteiger partial charge in [-0.3, -0.25) is 0 Å². The van der Waals surface area contributed by atoms with Gasteiger partial charge in [0, 0.05) is 37.2 Å². The minimum Gasteiger partial charge on any atom is -0.310 e. The van der Waals surface area contributed by atoms with Crippen LogP contribution in [0, 0.1) is 0 Å². The summed E-state index contributed by atoms with van der Waals surface area (Å²) < 4.78 is 2.62. The number of thiophene rings is 1. The van der Waals surface area contributed by atoms with Gasteiger partial charge in [-0.1, -0.05) is 158 Å². The molecule has 0 aliphatic rings. The van der Waals surface area contributed by atoms with Crippen molar-refractivity contribution in [3.63, 3.8) is 0 Å². The molecule has 0 atom stereocenters. The van der Waals surface area contributed by atoms with Gasteiger partial charge in [0.15, 0.2) is 0 Å². The Morgan fingerprint density at radius 1 is 0.278 bits per heavy atom. The third-order valence-corrected chi connectivity index (χ3v) is 11.6. The molecule has 0 aliphatic carbocycles. The largest absolute Gasteiger partial charge is 0.310 e. The molecule has 0 spiro atoms. The number of anilines is 3. The molecule has 0 fully saturated rings. The molecule has 0 unspecified atom stereocenters. The normalized spacial score (nSPS) is 11.3. The summed E-state index contributed by atoms with van der Waals surface area (Å²) in [5.41, 5.74) is 13.1. The van der Waals surface area contributed by atoms with E-state index in [2.05, 4.69) is 217 Å². The van der Waals surface area contributed by atoms with Gasteiger partial charge < -0.3 is 4.90 Å². The predicted octanol–water partition coefficient (Wildman–Crippen LogP) is 15.3. The molecule has 0 bridgehead atoms. The van der Waals surface area contributed by atoms with Crippen LogP contribution in [0.4, 0.5) is 17.1 Å². The van der Waals surface area contributed by atoms with E-state index in [0.29, 0.717) is 0 Å². The molecule has 0 N–H and O–H groups in total. The van der Waals surface area contributed by atoms with Crippen LogP contribution in [-0.4, -0.2) is 0 Å². The predicted molar refractivity (Wildman–Crippen MR) is 233 cm³/mol. The highest BCUT2D eigenvalue weighted by atomic mass is 32.1. The minimum atomic E-state index is 1.11. The van der Waals surface area contributed by atoms with Crippen LogP contribution in [0.5, 0.6) is 0 Å². The van der Waals surface area contributed by atoms with Crippen molar-refractivity contribution in [2.75, 3.05) is 4.90 Å². The lowest BCUT2D eigenvalue weighted by molar-refractivity contribution is 1.29. The summed E-state index contributed by atoms with van der Waals surface area (Å²) in [6.07, 6.45) is 0. The van der Waals surface area contributed by atoms with Gasteiger partial charge in [-0.2, -0.15) is 0 Å². The highest BCUT2D eigenvalue weighted by molar-refractivity contribution is 7.25. The van der Waals surface area contributed by atoms with Crippen molar-refractivity contribution >= 4 is 59.3 Å². The Morgan fingerprint density at radius 2 is 0.759 bits per heavy atom. The maximum absolute atomic E-state index is 2.38. The van der Waals surface area contributed by atoms with Crippen molar-refractivity contribution in [2.24, 2.45) is 0 Å². The van der Waals surface area contributed by atoms with Gasteiger partial charge in [-0.25, -0.2) is 0 Å². The first-order valence-corrected chi connectivity index (χ1v) is 19.2. The summed E-state index contributed by atoms with van der Waals surface area (Å²) >= 11 is 1.85. The highest BCUT2D eigenvalue weighted by Gasteiger charge is 2.16. The van der Waals surface area contributed by atoms with Crippen molar-refractivity contribution in [1.82, 2.24) is 0 Å². The van der Waals surface area contributed by atoms with E-state index in [4.69, 9.17) is 0 Å². The first-order valence-electron chi connectivity index (χ1n) is 18.4. The molecule has 1 heterocycles. The Kier molecular flexibility index (Phi) is 8.09. The van der Waals surface area contributed by atoms with E-state index in [1.54, 1.807) is 0 Å². The van der Waals surface area contributed by atoms with E-state index in [1.807, 2.05) is 11.3 Å². The van der Waals surface area contributed by atoms with E-state index >= 15 is 0 Å². The highest BCUT2D eigenvalue weighted by Crippen LogP contribution is 2.42. The molecule has 1 nitrogen and oxygen atoms in total. The Morgan fingerprint density at radius 3 is 1.48 bits per heavy atom. The summed E-state index contributed by atoms with van der Waals surface area (Å²) in [4.78, 5) is 2.38. The second-order valence-electron chi connectivity index (χ2n) is 13.8. The Hall–Kier alpha value is -6.74. The number of hydrogen-bond acceptors (Lipinski definition) is 2. The second kappa shape index (κ2) is 13.7. The molecular formula is C52H35NS. The molecule has 2 heteroatoms. The lowest BCUT2D eigenvalue weighted by Gasteiger charge is -2.26. The van der Waals surface area contributed by atoms with Crippen LogP contribution in [-0.2, 0) is 0 Å². The molecule has 0 amide bonds. The van der Waals surface area contributed by atoms with Crippen molar-refractivity contribution in [1.29, 1.82) is 0 Å². The van der Waals surface area contributed by atoms with E-state index in [9.17, 15) is 0 Å². The zero-order chi connectivity index (χ0) is 35.8. The minimum absolute atomic E-state index is 1.11. The maximum atomic E-state index is 2.38. The zero-order valence-corrected chi connectivity index (χ0v) is 30.4. The topological polar surface area (TPSA) is 3.24 Å². The molecule has 54 heavy (non-hydrogen) atoms. The Balaban J connectivity index is 1.02. The maximum Gasteiger partial charge on any atom is 0.0468 e. The number of hydrogen-bond donors (Lipinski definition) is 0. The molecular weight excluding hydrogens is 671 g/mol. The van der Waals surface area contributed by atoms with Gasteiger partial charge in [-0.15, -0.1) is 11.3 Å². The molecule has 0 saturated heterocycles. The summed E-state index contributed by atoms with van der Waals surface area (Å²) in [6.45, 7) is 0. The summed E-state index contributed by atoms with van der Waals surface area (Å²) in [5.74, 6) is 0. The van der Waals surface area contributed by atoms with Gasteiger partial charge in [0.05, 0.1) is 0 Å². The lowest BCUT2D eigenvalue weighted by atomic mass is 9.95. The van der Waals surface area contributed by atoms with Crippen LogP contribution in [0.15, 0.2) is 212 Å². The number of rotatable bonds is 7. The molecule has 0 radical (unpaired) electrons. The fourth-order valence-corrected chi connectivity index (χ4v) is 8.82. The third kappa shape index (κ3) is 5.93. The van der Waals surface area contributed by atoms with Crippen LogP contribution in [0.25, 0.3) is 75.5 Å². The molecule has 254 valence electrons. The zero-order valence-electron chi connectivity index (χ0n) is 29.6. The molecule has 10 rings (SSSR count). The molecule has 1 aromatic heterocycles. The smallest absolute Gasteiger partial charge is 0.0468 e. The first-order chi connectivity index (χ1) is 26.7. The monoisotopic (exact) mass is 705 g/mol. The number of benzene rings is 9. The Bertz CT molecular complexity index is 2900. The van der Waals surface area contributed by atoms with E-state index in [1.165, 1.54) is 75.5 Å². The summed E-state index contributed by atoms with van der Waals surface area (Å²) in [6, 6.07) is 77.1. The van der Waals surface area contributed by atoms with E-state index < -0.39 is 0 Å². The van der Waals surface area contributed by atoms with E-state index in [0.717, 1.165) is 17.1 Å². The summed E-state index contributed by atoms with van der Waals surface area (Å²) in [7, 11) is 0. The standard InChI is InChI=1S/C52H35NS/c1-2-10-36(11-3-1)37-20-22-38(23-21-37)39-24-28-44(29-25-39)53(46-32-33-52-50(35-46)49-17-6-7-19-51(49)54-52)45-30-26-40(27-31-45)42-14-8-15-43(34-42)48-18-9-13-41-12-4-5-16-47(41)48/h1-35H. The van der Waals surface area contributed by atoms with Gasteiger partial charge in [0.25, 0.3) is 0 Å². The number of fused-ring (bicyclic) bond motifs is 4. The van der Waals surface area contributed by atoms with Gasteiger partial charge in [-0.05, 0) is 110 Å². The summed E-state index contributed by atoms with van der Waals surface area (Å²) in [5, 5.41) is 5.12. The second-order valence-corrected chi connectivity index (χ2v) is 14.8. The fraction of sp³-hybridized carbons (Fsp3) is 0. The Labute approximate surface area is 319 Å². The van der Waals surface area contributed by atoms with Crippen LogP contribution >= 0.6 is 11.3 Å². The third-order valence-electron chi connectivity index (χ3n) is 10.5. The molecule has 9 aromatic carbocycles. The van der Waals surface area contributed by atoms with Crippen molar-refractivity contribution in [2.45, 2.75) is 0 Å². The van der Waals surface area contributed by atoms with Crippen LogP contribution in [0.1, 0.15) is 0 Å². The molecule has 0 saturated carbocycles. The fourth-order valence-electron chi connectivity index (χ4n) is 7.74. The molecule has 10 aromatic rings. The number of nitrogens with zero attached hydrogens (tertiary/aromatic N) is 1. The van der Waals surface area contributed by atoms with Gasteiger partial charge >= 0.3 is 0 Å². The lowest BCUT2D eigenvalue weighted by Crippen LogP contribution is -2.09. The van der Waals surface area contributed by atoms with Crippen LogP contribution in [0.2, 0.25) is 0 Å².